The van der Waals surface area contributed by atoms with Gasteiger partial charge in [0.1, 0.15) is 5.75 Å². The molecule has 42 heavy (non-hydrogen) atoms. The Kier molecular flexibility index (Phi) is 8.32. The zero-order valence-electron chi connectivity index (χ0n) is 22.8. The maximum Gasteiger partial charge on any atom is 0.420 e. The number of phenolic OH excluding ortho intramolecular Hbond substituents is 1. The number of aromatic nitrogens is 2. The van der Waals surface area contributed by atoms with Crippen LogP contribution in [0.25, 0.3) is 11.4 Å². The Balaban J connectivity index is 1.13. The summed E-state index contributed by atoms with van der Waals surface area (Å²) in [6.45, 7) is 3.23. The second-order valence-corrected chi connectivity index (χ2v) is 10.6. The number of nitrogens with two attached hydrogens (primary N) is 1. The van der Waals surface area contributed by atoms with Crippen LogP contribution in [0.1, 0.15) is 12.0 Å². The van der Waals surface area contributed by atoms with Crippen LogP contribution in [-0.4, -0.2) is 89.0 Å². The normalized spacial score (nSPS) is 19.6. The monoisotopic (exact) mass is 583 g/mol. The van der Waals surface area contributed by atoms with Crippen LogP contribution in [0, 0.1) is 5.41 Å². The number of benzene rings is 2. The Morgan fingerprint density at radius 3 is 2.33 bits per heavy atom. The number of nitrogens with one attached hydrogen (secondary N) is 1. The molecule has 5 rings (SSSR count). The van der Waals surface area contributed by atoms with Crippen molar-refractivity contribution in [3.63, 3.8) is 0 Å². The Morgan fingerprint density at radius 2 is 1.69 bits per heavy atom. The summed E-state index contributed by atoms with van der Waals surface area (Å²) in [4.78, 5) is 40.7. The summed E-state index contributed by atoms with van der Waals surface area (Å²) in [7, 11) is 0. The predicted octanol–water partition coefficient (Wildman–Crippen LogP) is 2.81. The smallest absolute Gasteiger partial charge is 0.420 e. The van der Waals surface area contributed by atoms with Crippen LogP contribution in [0.5, 0.6) is 5.75 Å². The van der Waals surface area contributed by atoms with Gasteiger partial charge in [-0.2, -0.15) is 13.2 Å². The molecule has 4 N–H and O–H groups in total. The molecule has 2 aliphatic rings. The number of hydrogen-bond acceptors (Lipinski definition) is 8. The van der Waals surface area contributed by atoms with Gasteiger partial charge in [-0.15, -0.1) is 0 Å². The van der Waals surface area contributed by atoms with Gasteiger partial charge < -0.3 is 26.0 Å². The van der Waals surface area contributed by atoms with E-state index >= 15 is 0 Å². The van der Waals surface area contributed by atoms with Crippen molar-refractivity contribution in [2.45, 2.75) is 12.6 Å². The number of carbonyl (C=O) groups is 2. The van der Waals surface area contributed by atoms with Crippen LogP contribution in [0.4, 0.5) is 24.5 Å². The van der Waals surface area contributed by atoms with Crippen molar-refractivity contribution >= 4 is 23.2 Å². The Bertz CT molecular complexity index is 1410. The highest BCUT2D eigenvalue weighted by Crippen LogP contribution is 2.38. The number of carbonyl (C=O) groups excluding carboxylic acids is 2. The first-order valence-electron chi connectivity index (χ1n) is 13.6. The first-order valence-corrected chi connectivity index (χ1v) is 13.6. The second-order valence-electron chi connectivity index (χ2n) is 10.6. The van der Waals surface area contributed by atoms with Gasteiger partial charge in [0.25, 0.3) is 0 Å². The standard InChI is InChI=1S/C29H32F3N7O3/c30-29(31,32)23-16-21(4-7-24(23)40)36-27(42)28(18-33)8-11-37(19-28)17-25(41)39-14-12-38(13-15-39)22-5-2-20(3-6-22)26-34-9-1-10-35-26/h1-7,9-10,16,40H,8,11-15,17-19,33H2,(H,36,42). The number of amides is 2. The predicted molar refractivity (Wildman–Crippen MR) is 151 cm³/mol. The van der Waals surface area contributed by atoms with Crippen LogP contribution in [-0.2, 0) is 15.8 Å². The summed E-state index contributed by atoms with van der Waals surface area (Å²) >= 11 is 0. The molecular formula is C29H32F3N7O3. The highest BCUT2D eigenvalue weighted by molar-refractivity contribution is 5.96. The number of anilines is 2. The van der Waals surface area contributed by atoms with Gasteiger partial charge in [0, 0.05) is 68.6 Å². The molecule has 2 aliphatic heterocycles. The SMILES string of the molecule is NCC1(C(=O)Nc2ccc(O)c(C(F)(F)F)c2)CCN(CC(=O)N2CCN(c3ccc(-c4ncccn4)cc3)CC2)C1. The fourth-order valence-electron chi connectivity index (χ4n) is 5.42. The lowest BCUT2D eigenvalue weighted by Crippen LogP contribution is -2.51. The van der Waals surface area contributed by atoms with E-state index in [0.29, 0.717) is 51.0 Å². The van der Waals surface area contributed by atoms with Gasteiger partial charge in [0.15, 0.2) is 5.82 Å². The molecule has 1 aromatic heterocycles. The van der Waals surface area contributed by atoms with Gasteiger partial charge >= 0.3 is 6.18 Å². The van der Waals surface area contributed by atoms with Crippen LogP contribution in [0.3, 0.4) is 0 Å². The van der Waals surface area contributed by atoms with Gasteiger partial charge in [-0.05, 0) is 61.5 Å². The molecule has 0 bridgehead atoms. The molecular weight excluding hydrogens is 551 g/mol. The summed E-state index contributed by atoms with van der Waals surface area (Å²) in [5, 5.41) is 12.1. The molecule has 10 nitrogen and oxygen atoms in total. The van der Waals surface area contributed by atoms with Crippen molar-refractivity contribution in [3.8, 4) is 17.1 Å². The second kappa shape index (κ2) is 11.9. The van der Waals surface area contributed by atoms with Crippen LogP contribution < -0.4 is 16.0 Å². The minimum absolute atomic E-state index is 0.0262. The Labute approximate surface area is 241 Å². The molecule has 2 saturated heterocycles. The average molecular weight is 584 g/mol. The molecule has 2 fully saturated rings. The lowest BCUT2D eigenvalue weighted by molar-refractivity contribution is -0.138. The molecule has 3 aromatic rings. The zero-order chi connectivity index (χ0) is 29.9. The third kappa shape index (κ3) is 6.31. The maximum absolute atomic E-state index is 13.2. The van der Waals surface area contributed by atoms with Crippen molar-refractivity contribution in [1.82, 2.24) is 19.8 Å². The minimum atomic E-state index is -4.77. The van der Waals surface area contributed by atoms with Crippen molar-refractivity contribution in [2.75, 3.05) is 62.6 Å². The number of aromatic hydroxyl groups is 1. The van der Waals surface area contributed by atoms with Crippen LogP contribution in [0.15, 0.2) is 60.9 Å². The number of nitrogens with zero attached hydrogens (tertiary/aromatic N) is 5. The van der Waals surface area contributed by atoms with Gasteiger partial charge in [0.05, 0.1) is 17.5 Å². The lowest BCUT2D eigenvalue weighted by atomic mass is 9.86. The lowest BCUT2D eigenvalue weighted by Gasteiger charge is -2.37. The number of phenols is 1. The number of halogens is 3. The first-order chi connectivity index (χ1) is 20.1. The van der Waals surface area contributed by atoms with Crippen LogP contribution >= 0.6 is 0 Å². The van der Waals surface area contributed by atoms with E-state index in [0.717, 1.165) is 17.3 Å². The molecule has 13 heteroatoms. The van der Waals surface area contributed by atoms with E-state index in [9.17, 15) is 27.9 Å². The quantitative estimate of drug-likeness (QED) is 0.363. The van der Waals surface area contributed by atoms with Crippen molar-refractivity contribution < 1.29 is 27.9 Å². The van der Waals surface area contributed by atoms with Gasteiger partial charge in [-0.25, -0.2) is 9.97 Å². The van der Waals surface area contributed by atoms with E-state index in [2.05, 4.69) is 20.2 Å². The van der Waals surface area contributed by atoms with E-state index in [1.807, 2.05) is 29.2 Å². The summed E-state index contributed by atoms with van der Waals surface area (Å²) in [6, 6.07) is 12.6. The number of piperazine rings is 1. The molecule has 0 radical (unpaired) electrons. The van der Waals surface area contributed by atoms with Gasteiger partial charge in [-0.1, -0.05) is 0 Å². The number of likely N-dealkylation sites (tertiary alicyclic amines) is 1. The van der Waals surface area contributed by atoms with E-state index in [4.69, 9.17) is 5.73 Å². The highest BCUT2D eigenvalue weighted by atomic mass is 19.4. The summed E-state index contributed by atoms with van der Waals surface area (Å²) < 4.78 is 39.5. The third-order valence-electron chi connectivity index (χ3n) is 7.91. The zero-order valence-corrected chi connectivity index (χ0v) is 22.8. The number of hydrogen-bond donors (Lipinski definition) is 3. The van der Waals surface area contributed by atoms with Crippen molar-refractivity contribution in [1.29, 1.82) is 0 Å². The van der Waals surface area contributed by atoms with E-state index in [1.54, 1.807) is 23.4 Å². The number of alkyl halides is 3. The molecule has 2 aromatic carbocycles. The minimum Gasteiger partial charge on any atom is -0.507 e. The first kappa shape index (κ1) is 29.3. The summed E-state index contributed by atoms with van der Waals surface area (Å²) in [6.07, 6.45) is -1.00. The molecule has 3 heterocycles. The number of rotatable bonds is 7. The maximum atomic E-state index is 13.2. The summed E-state index contributed by atoms with van der Waals surface area (Å²) in [5.74, 6) is -0.824. The Hall–Kier alpha value is -4.23. The molecule has 2 amide bonds. The van der Waals surface area contributed by atoms with E-state index in [1.165, 1.54) is 6.07 Å². The molecule has 222 valence electrons. The highest BCUT2D eigenvalue weighted by Gasteiger charge is 2.44. The van der Waals surface area contributed by atoms with Crippen molar-refractivity contribution in [2.24, 2.45) is 11.1 Å². The largest absolute Gasteiger partial charge is 0.507 e. The summed E-state index contributed by atoms with van der Waals surface area (Å²) in [5.41, 5.74) is 5.58. The third-order valence-corrected chi connectivity index (χ3v) is 7.91. The molecule has 1 atom stereocenters. The van der Waals surface area contributed by atoms with Crippen LogP contribution in [0.2, 0.25) is 0 Å². The Morgan fingerprint density at radius 1 is 1.00 bits per heavy atom. The van der Waals surface area contributed by atoms with Gasteiger partial charge in [-0.3, -0.25) is 14.5 Å². The fraction of sp³-hybridized carbons (Fsp3) is 0.379. The molecule has 0 aliphatic carbocycles. The molecule has 1 unspecified atom stereocenters. The van der Waals surface area contributed by atoms with E-state index in [-0.39, 0.29) is 31.2 Å². The molecule has 0 spiro atoms. The molecule has 0 saturated carbocycles. The average Bonchev–Trinajstić information content (AvgIpc) is 3.42. The van der Waals surface area contributed by atoms with Crippen molar-refractivity contribution in [3.05, 3.63) is 66.5 Å². The van der Waals surface area contributed by atoms with Gasteiger partial charge in [0.2, 0.25) is 11.8 Å². The topological polar surface area (TPSA) is 128 Å². The van der Waals surface area contributed by atoms with E-state index < -0.39 is 28.8 Å². The fourth-order valence-corrected chi connectivity index (χ4v) is 5.42.